The van der Waals surface area contributed by atoms with Gasteiger partial charge in [-0.05, 0) is 54.5 Å². The van der Waals surface area contributed by atoms with Crippen LogP contribution in [0.2, 0.25) is 0 Å². The van der Waals surface area contributed by atoms with Crippen LogP contribution in [0, 0.1) is 12.8 Å². The Morgan fingerprint density at radius 1 is 1.22 bits per heavy atom. The Labute approximate surface area is 140 Å². The quantitative estimate of drug-likeness (QED) is 0.699. The fraction of sp³-hybridized carbons (Fsp3) is 0.273. The van der Waals surface area contributed by atoms with Gasteiger partial charge in [0.15, 0.2) is 0 Å². The lowest BCUT2D eigenvalue weighted by molar-refractivity contribution is 0.502. The first kappa shape index (κ1) is 15.6. The van der Waals surface area contributed by atoms with Gasteiger partial charge in [-0.15, -0.1) is 0 Å². The lowest BCUT2D eigenvalue weighted by atomic mass is 9.83. The van der Waals surface area contributed by atoms with E-state index in [9.17, 15) is 0 Å². The van der Waals surface area contributed by atoms with Gasteiger partial charge in [-0.1, -0.05) is 61.6 Å². The van der Waals surface area contributed by atoms with E-state index in [-0.39, 0.29) is 0 Å². The van der Waals surface area contributed by atoms with Gasteiger partial charge in [0.1, 0.15) is 0 Å². The molecule has 23 heavy (non-hydrogen) atoms. The highest BCUT2D eigenvalue weighted by Crippen LogP contribution is 2.36. The van der Waals surface area contributed by atoms with E-state index in [1.807, 2.05) is 0 Å². The van der Waals surface area contributed by atoms with Crippen LogP contribution in [0.5, 0.6) is 0 Å². The van der Waals surface area contributed by atoms with Crippen LogP contribution >= 0.6 is 0 Å². The molecule has 0 aromatic heterocycles. The Hall–Kier alpha value is -2.28. The van der Waals surface area contributed by atoms with Crippen molar-refractivity contribution >= 4 is 5.57 Å². The normalized spacial score (nSPS) is 21.0. The summed E-state index contributed by atoms with van der Waals surface area (Å²) in [6.07, 6.45) is 12.2. The van der Waals surface area contributed by atoms with E-state index in [2.05, 4.69) is 87.0 Å². The molecule has 0 saturated heterocycles. The monoisotopic (exact) mass is 303 g/mol. The van der Waals surface area contributed by atoms with Gasteiger partial charge in [0.2, 0.25) is 0 Å². The molecule has 0 radical (unpaired) electrons. The smallest absolute Gasteiger partial charge is 0.0333 e. The van der Waals surface area contributed by atoms with Crippen LogP contribution in [-0.4, -0.2) is 11.4 Å². The molecule has 1 unspecified atom stereocenters. The Morgan fingerprint density at radius 3 is 2.78 bits per heavy atom. The largest absolute Gasteiger partial charge is 0.348 e. The van der Waals surface area contributed by atoms with Gasteiger partial charge in [0.25, 0.3) is 0 Å². The third-order valence-corrected chi connectivity index (χ3v) is 4.58. The van der Waals surface area contributed by atoms with Crippen LogP contribution in [0.15, 0.2) is 78.2 Å². The molecule has 1 nitrogen and oxygen atoms in total. The topological polar surface area (TPSA) is 3.24 Å². The van der Waals surface area contributed by atoms with Crippen LogP contribution in [0.1, 0.15) is 31.4 Å². The highest BCUT2D eigenvalue weighted by molar-refractivity contribution is 5.78. The van der Waals surface area contributed by atoms with Crippen molar-refractivity contribution in [3.8, 4) is 0 Å². The number of hydrogen-bond donors (Lipinski definition) is 0. The van der Waals surface area contributed by atoms with E-state index in [0.717, 1.165) is 18.7 Å². The number of allylic oxidation sites excluding steroid dienone is 7. The standard InChI is InChI=1S/C22H25N/c1-5-23-15-20(11-10-18(23)4)21-12-9-17(3)14-22(21)19-8-6-7-16(2)13-19/h6-13,15,17H,4-5,14H2,1-3H3. The predicted octanol–water partition coefficient (Wildman–Crippen LogP) is 5.63. The molecule has 2 aliphatic rings. The number of benzene rings is 1. The zero-order chi connectivity index (χ0) is 16.4. The average molecular weight is 303 g/mol. The van der Waals surface area contributed by atoms with Crippen LogP contribution in [0.3, 0.4) is 0 Å². The summed E-state index contributed by atoms with van der Waals surface area (Å²) in [7, 11) is 0. The van der Waals surface area contributed by atoms with E-state index in [1.54, 1.807) is 0 Å². The summed E-state index contributed by atoms with van der Waals surface area (Å²) in [6.45, 7) is 11.7. The van der Waals surface area contributed by atoms with Crippen molar-refractivity contribution in [1.82, 2.24) is 4.90 Å². The van der Waals surface area contributed by atoms with Crippen LogP contribution in [0.25, 0.3) is 5.57 Å². The summed E-state index contributed by atoms with van der Waals surface area (Å²) < 4.78 is 0. The molecule has 0 amide bonds. The summed E-state index contributed by atoms with van der Waals surface area (Å²) >= 11 is 0. The van der Waals surface area contributed by atoms with Crippen molar-refractivity contribution in [3.63, 3.8) is 0 Å². The zero-order valence-electron chi connectivity index (χ0n) is 14.3. The summed E-state index contributed by atoms with van der Waals surface area (Å²) in [5.74, 6) is 0.583. The number of aryl methyl sites for hydroxylation is 1. The van der Waals surface area contributed by atoms with Crippen LogP contribution in [-0.2, 0) is 0 Å². The summed E-state index contributed by atoms with van der Waals surface area (Å²) in [5, 5.41) is 0. The number of rotatable bonds is 3. The molecule has 1 aromatic rings. The fourth-order valence-electron chi connectivity index (χ4n) is 3.27. The number of nitrogens with zero attached hydrogens (tertiary/aromatic N) is 1. The minimum absolute atomic E-state index is 0.583. The Kier molecular flexibility index (Phi) is 4.38. The van der Waals surface area contributed by atoms with Crippen molar-refractivity contribution in [3.05, 3.63) is 89.3 Å². The SMILES string of the molecule is C=C1C=CC(C2=C(c3cccc(C)c3)CC(C)C=C2)=CN1CC. The first-order valence-electron chi connectivity index (χ1n) is 8.42. The van der Waals surface area contributed by atoms with Gasteiger partial charge in [0, 0.05) is 18.4 Å². The molecule has 0 bridgehead atoms. The molecule has 0 spiro atoms. The Balaban J connectivity index is 2.09. The molecule has 1 heteroatoms. The van der Waals surface area contributed by atoms with Gasteiger partial charge >= 0.3 is 0 Å². The molecule has 1 aliphatic carbocycles. The van der Waals surface area contributed by atoms with Gasteiger partial charge in [-0.3, -0.25) is 0 Å². The summed E-state index contributed by atoms with van der Waals surface area (Å²) in [5.41, 5.74) is 7.78. The molecule has 1 aromatic carbocycles. The van der Waals surface area contributed by atoms with Crippen LogP contribution < -0.4 is 0 Å². The summed E-state index contributed by atoms with van der Waals surface area (Å²) in [4.78, 5) is 2.21. The Morgan fingerprint density at radius 2 is 2.04 bits per heavy atom. The second kappa shape index (κ2) is 6.45. The highest BCUT2D eigenvalue weighted by Gasteiger charge is 2.19. The minimum atomic E-state index is 0.583. The molecular formula is C22H25N. The van der Waals surface area contributed by atoms with Gasteiger partial charge in [0.05, 0.1) is 0 Å². The lowest BCUT2D eigenvalue weighted by Crippen LogP contribution is -2.18. The number of likely N-dealkylation sites (N-methyl/N-ethyl adjacent to an activating group) is 1. The number of hydrogen-bond acceptors (Lipinski definition) is 1. The van der Waals surface area contributed by atoms with E-state index in [1.165, 1.54) is 27.8 Å². The van der Waals surface area contributed by atoms with E-state index >= 15 is 0 Å². The molecule has 0 fully saturated rings. The molecule has 1 heterocycles. The van der Waals surface area contributed by atoms with Crippen LogP contribution in [0.4, 0.5) is 0 Å². The molecule has 0 N–H and O–H groups in total. The molecular weight excluding hydrogens is 278 g/mol. The van der Waals surface area contributed by atoms with E-state index in [0.29, 0.717) is 5.92 Å². The third-order valence-electron chi connectivity index (χ3n) is 4.58. The maximum atomic E-state index is 4.11. The van der Waals surface area contributed by atoms with Crippen molar-refractivity contribution < 1.29 is 0 Å². The summed E-state index contributed by atoms with van der Waals surface area (Å²) in [6, 6.07) is 8.85. The van der Waals surface area contributed by atoms with Crippen molar-refractivity contribution in [2.24, 2.45) is 5.92 Å². The Bertz CT molecular complexity index is 743. The van der Waals surface area contributed by atoms with E-state index in [4.69, 9.17) is 0 Å². The average Bonchev–Trinajstić information content (AvgIpc) is 2.55. The molecule has 3 rings (SSSR count). The highest BCUT2D eigenvalue weighted by atomic mass is 15.1. The molecule has 1 aliphatic heterocycles. The second-order valence-corrected chi connectivity index (χ2v) is 6.50. The minimum Gasteiger partial charge on any atom is -0.348 e. The molecule has 118 valence electrons. The van der Waals surface area contributed by atoms with Gasteiger partial charge in [-0.25, -0.2) is 0 Å². The van der Waals surface area contributed by atoms with Gasteiger partial charge < -0.3 is 4.90 Å². The molecule has 0 saturated carbocycles. The maximum absolute atomic E-state index is 4.11. The lowest BCUT2D eigenvalue weighted by Gasteiger charge is -2.27. The maximum Gasteiger partial charge on any atom is 0.0333 e. The van der Waals surface area contributed by atoms with E-state index < -0.39 is 0 Å². The predicted molar refractivity (Wildman–Crippen MR) is 99.8 cm³/mol. The zero-order valence-corrected chi connectivity index (χ0v) is 14.3. The fourth-order valence-corrected chi connectivity index (χ4v) is 3.27. The first-order chi connectivity index (χ1) is 11.1. The van der Waals surface area contributed by atoms with Crippen molar-refractivity contribution in [2.75, 3.05) is 6.54 Å². The van der Waals surface area contributed by atoms with Crippen molar-refractivity contribution in [2.45, 2.75) is 27.2 Å². The van der Waals surface area contributed by atoms with Gasteiger partial charge in [-0.2, -0.15) is 0 Å². The molecule has 1 atom stereocenters. The third kappa shape index (κ3) is 3.24. The first-order valence-corrected chi connectivity index (χ1v) is 8.42. The van der Waals surface area contributed by atoms with Crippen molar-refractivity contribution in [1.29, 1.82) is 0 Å². The second-order valence-electron chi connectivity index (χ2n) is 6.50.